The van der Waals surface area contributed by atoms with Crippen LogP contribution in [0.5, 0.6) is 0 Å². The number of halogens is 1. The van der Waals surface area contributed by atoms with E-state index in [1.807, 2.05) is 30.3 Å². The number of primary amides is 1. The van der Waals surface area contributed by atoms with E-state index in [0.717, 1.165) is 5.56 Å². The van der Waals surface area contributed by atoms with Crippen molar-refractivity contribution in [2.75, 3.05) is 12.4 Å². The Morgan fingerprint density at radius 1 is 1.16 bits per heavy atom. The molecule has 0 aromatic heterocycles. The zero-order valence-corrected chi connectivity index (χ0v) is 11.6. The van der Waals surface area contributed by atoms with Crippen LogP contribution in [0.3, 0.4) is 0 Å². The number of amides is 2. The third-order valence-electron chi connectivity index (χ3n) is 2.72. The summed E-state index contributed by atoms with van der Waals surface area (Å²) < 4.78 is 0. The zero-order chi connectivity index (χ0) is 14.1. The second-order valence-electron chi connectivity index (χ2n) is 4.31. The number of nitrogens with zero attached hydrogens (tertiary/aromatic N) is 1. The van der Waals surface area contributed by atoms with Crippen molar-refractivity contribution >= 4 is 23.4 Å². The summed E-state index contributed by atoms with van der Waals surface area (Å²) in [6.07, 6.45) is 1.22. The van der Waals surface area contributed by atoms with Gasteiger partial charge in [-0.05, 0) is 12.0 Å². The monoisotopic (exact) mass is 282 g/mol. The molecule has 0 aliphatic heterocycles. The van der Waals surface area contributed by atoms with Gasteiger partial charge in [0.2, 0.25) is 11.8 Å². The maximum atomic E-state index is 12.0. The molecule has 0 spiro atoms. The second kappa shape index (κ2) is 8.53. The highest BCUT2D eigenvalue weighted by Crippen LogP contribution is 2.08. The molecule has 0 saturated carbocycles. The van der Waals surface area contributed by atoms with Gasteiger partial charge < -0.3 is 10.6 Å². The van der Waals surface area contributed by atoms with Crippen molar-refractivity contribution in [1.29, 1.82) is 0 Å². The Morgan fingerprint density at radius 3 is 2.42 bits per heavy atom. The molecule has 0 unspecified atom stereocenters. The number of carbonyl (C=O) groups is 2. The van der Waals surface area contributed by atoms with Crippen LogP contribution in [0.2, 0.25) is 0 Å². The number of hydrogen-bond acceptors (Lipinski definition) is 2. The van der Waals surface area contributed by atoms with E-state index in [1.54, 1.807) is 4.90 Å². The molecule has 19 heavy (non-hydrogen) atoms. The van der Waals surface area contributed by atoms with E-state index >= 15 is 0 Å². The molecule has 1 rings (SSSR count). The van der Waals surface area contributed by atoms with Crippen molar-refractivity contribution in [1.82, 2.24) is 4.90 Å². The number of benzene rings is 1. The van der Waals surface area contributed by atoms with Crippen molar-refractivity contribution in [2.45, 2.75) is 25.8 Å². The Labute approximate surface area is 118 Å². The van der Waals surface area contributed by atoms with Crippen molar-refractivity contribution in [2.24, 2.45) is 5.73 Å². The molecule has 2 N–H and O–H groups in total. The van der Waals surface area contributed by atoms with Crippen LogP contribution in [0.25, 0.3) is 0 Å². The van der Waals surface area contributed by atoms with E-state index in [2.05, 4.69) is 0 Å². The topological polar surface area (TPSA) is 63.4 Å². The summed E-state index contributed by atoms with van der Waals surface area (Å²) in [5, 5.41) is 0. The molecule has 0 saturated heterocycles. The number of alkyl halides is 1. The maximum absolute atomic E-state index is 12.0. The highest BCUT2D eigenvalue weighted by atomic mass is 35.5. The van der Waals surface area contributed by atoms with Crippen LogP contribution >= 0.6 is 11.6 Å². The van der Waals surface area contributed by atoms with Crippen LogP contribution in [0, 0.1) is 0 Å². The zero-order valence-electron chi connectivity index (χ0n) is 10.8. The quantitative estimate of drug-likeness (QED) is 0.740. The fourth-order valence-electron chi connectivity index (χ4n) is 1.72. The highest BCUT2D eigenvalue weighted by molar-refractivity contribution is 6.17. The van der Waals surface area contributed by atoms with Gasteiger partial charge in [0.1, 0.15) is 0 Å². The van der Waals surface area contributed by atoms with E-state index in [9.17, 15) is 9.59 Å². The lowest BCUT2D eigenvalue weighted by Gasteiger charge is -2.22. The first-order valence-corrected chi connectivity index (χ1v) is 6.83. The fraction of sp³-hybridized carbons (Fsp3) is 0.429. The summed E-state index contributed by atoms with van der Waals surface area (Å²) in [5.74, 6) is 0.0646. The summed E-state index contributed by atoms with van der Waals surface area (Å²) in [4.78, 5) is 24.5. The molecule has 104 valence electrons. The van der Waals surface area contributed by atoms with Gasteiger partial charge in [-0.2, -0.15) is 0 Å². The van der Waals surface area contributed by atoms with Crippen molar-refractivity contribution in [3.63, 3.8) is 0 Å². The third-order valence-corrected chi connectivity index (χ3v) is 2.99. The maximum Gasteiger partial charge on any atom is 0.222 e. The number of rotatable bonds is 8. The van der Waals surface area contributed by atoms with E-state index < -0.39 is 5.91 Å². The SMILES string of the molecule is NC(=O)CCN(Cc1ccccc1)C(=O)CCCCl. The molecule has 0 bridgehead atoms. The van der Waals surface area contributed by atoms with Gasteiger partial charge in [0.25, 0.3) is 0 Å². The Bertz CT molecular complexity index is 409. The third kappa shape index (κ3) is 6.25. The molecular weight excluding hydrogens is 264 g/mol. The van der Waals surface area contributed by atoms with E-state index in [4.69, 9.17) is 17.3 Å². The second-order valence-corrected chi connectivity index (χ2v) is 4.69. The van der Waals surface area contributed by atoms with Crippen molar-refractivity contribution in [3.05, 3.63) is 35.9 Å². The van der Waals surface area contributed by atoms with Gasteiger partial charge in [-0.15, -0.1) is 11.6 Å². The molecule has 0 aliphatic carbocycles. The van der Waals surface area contributed by atoms with E-state index in [0.29, 0.717) is 31.8 Å². The van der Waals surface area contributed by atoms with Gasteiger partial charge in [0.05, 0.1) is 0 Å². The standard InChI is InChI=1S/C14H19ClN2O2/c15-9-4-7-14(19)17(10-8-13(16)18)11-12-5-2-1-3-6-12/h1-3,5-6H,4,7-11H2,(H2,16,18). The van der Waals surface area contributed by atoms with Crippen LogP contribution in [0.15, 0.2) is 30.3 Å². The van der Waals surface area contributed by atoms with Crippen LogP contribution < -0.4 is 5.73 Å². The average molecular weight is 283 g/mol. The molecule has 0 radical (unpaired) electrons. The lowest BCUT2D eigenvalue weighted by atomic mass is 10.2. The number of carbonyl (C=O) groups excluding carboxylic acids is 2. The molecule has 5 heteroatoms. The van der Waals surface area contributed by atoms with Gasteiger partial charge in [-0.3, -0.25) is 9.59 Å². The molecule has 0 fully saturated rings. The Hall–Kier alpha value is -1.55. The average Bonchev–Trinajstić information content (AvgIpc) is 2.41. The minimum Gasteiger partial charge on any atom is -0.370 e. The molecule has 2 amide bonds. The first kappa shape index (κ1) is 15.5. The van der Waals surface area contributed by atoms with E-state index in [-0.39, 0.29) is 12.3 Å². The normalized spacial score (nSPS) is 10.2. The van der Waals surface area contributed by atoms with Crippen LogP contribution in [-0.4, -0.2) is 29.1 Å². The van der Waals surface area contributed by atoms with Crippen LogP contribution in [0.1, 0.15) is 24.8 Å². The Kier molecular flexibility index (Phi) is 6.97. The van der Waals surface area contributed by atoms with Gasteiger partial charge in [0.15, 0.2) is 0 Å². The first-order valence-electron chi connectivity index (χ1n) is 6.29. The number of nitrogens with two attached hydrogens (primary N) is 1. The summed E-state index contributed by atoms with van der Waals surface area (Å²) in [6.45, 7) is 0.848. The van der Waals surface area contributed by atoms with Gasteiger partial charge in [0, 0.05) is 31.8 Å². The summed E-state index contributed by atoms with van der Waals surface area (Å²) >= 11 is 5.59. The lowest BCUT2D eigenvalue weighted by Crippen LogP contribution is -2.33. The summed E-state index contributed by atoms with van der Waals surface area (Å²) in [7, 11) is 0. The summed E-state index contributed by atoms with van der Waals surface area (Å²) in [6, 6.07) is 9.67. The summed E-state index contributed by atoms with van der Waals surface area (Å²) in [5.41, 5.74) is 6.17. The van der Waals surface area contributed by atoms with Crippen LogP contribution in [0.4, 0.5) is 0 Å². The molecule has 1 aromatic carbocycles. The smallest absolute Gasteiger partial charge is 0.222 e. The Morgan fingerprint density at radius 2 is 1.84 bits per heavy atom. The highest BCUT2D eigenvalue weighted by Gasteiger charge is 2.14. The minimum atomic E-state index is -0.400. The van der Waals surface area contributed by atoms with Crippen molar-refractivity contribution in [3.8, 4) is 0 Å². The largest absolute Gasteiger partial charge is 0.370 e. The Balaban J connectivity index is 2.62. The van der Waals surface area contributed by atoms with E-state index in [1.165, 1.54) is 0 Å². The van der Waals surface area contributed by atoms with Gasteiger partial charge in [-0.1, -0.05) is 30.3 Å². The molecule has 4 nitrogen and oxygen atoms in total. The first-order chi connectivity index (χ1) is 9.13. The van der Waals surface area contributed by atoms with Gasteiger partial charge in [-0.25, -0.2) is 0 Å². The molecule has 0 aliphatic rings. The van der Waals surface area contributed by atoms with Gasteiger partial charge >= 0.3 is 0 Å². The number of hydrogen-bond donors (Lipinski definition) is 1. The molecule has 1 aromatic rings. The molecular formula is C14H19ClN2O2. The van der Waals surface area contributed by atoms with Crippen LogP contribution in [-0.2, 0) is 16.1 Å². The predicted octanol–water partition coefficient (Wildman–Crippen LogP) is 1.91. The molecule has 0 atom stereocenters. The fourth-order valence-corrected chi connectivity index (χ4v) is 1.85. The minimum absolute atomic E-state index is 0.00533. The van der Waals surface area contributed by atoms with Crippen molar-refractivity contribution < 1.29 is 9.59 Å². The lowest BCUT2D eigenvalue weighted by molar-refractivity contribution is -0.132. The molecule has 0 heterocycles. The predicted molar refractivity (Wildman–Crippen MR) is 75.6 cm³/mol.